The van der Waals surface area contributed by atoms with Gasteiger partial charge >= 0.3 is 0 Å². The summed E-state index contributed by atoms with van der Waals surface area (Å²) in [7, 11) is 1.54. The number of hydrogen-bond donors (Lipinski definition) is 1. The maximum atomic E-state index is 11.9. The van der Waals surface area contributed by atoms with Crippen molar-refractivity contribution in [3.8, 4) is 11.5 Å². The highest BCUT2D eigenvalue weighted by Crippen LogP contribution is 2.37. The molecule has 29 heavy (non-hydrogen) atoms. The lowest BCUT2D eigenvalue weighted by Gasteiger charge is -2.14. The maximum absolute atomic E-state index is 11.9. The average Bonchev–Trinajstić information content (AvgIpc) is 2.74. The van der Waals surface area contributed by atoms with Crippen LogP contribution in [0.25, 0.3) is 0 Å². The van der Waals surface area contributed by atoms with E-state index in [1.54, 1.807) is 25.3 Å². The summed E-state index contributed by atoms with van der Waals surface area (Å²) in [5, 5.41) is 4.57. The molecule has 0 fully saturated rings. The van der Waals surface area contributed by atoms with Gasteiger partial charge in [-0.05, 0) is 39.7 Å². The number of halogens is 2. The van der Waals surface area contributed by atoms with Crippen LogP contribution in [0.4, 0.5) is 0 Å². The summed E-state index contributed by atoms with van der Waals surface area (Å²) in [6.45, 7) is 0.288. The molecule has 0 aliphatic carbocycles. The molecule has 0 bridgehead atoms. The van der Waals surface area contributed by atoms with E-state index >= 15 is 0 Å². The first-order valence-electron chi connectivity index (χ1n) is 8.41. The van der Waals surface area contributed by atoms with Gasteiger partial charge in [0, 0.05) is 23.0 Å². The highest BCUT2D eigenvalue weighted by atomic mass is 79.9. The van der Waals surface area contributed by atoms with Crippen LogP contribution in [0.2, 0.25) is 5.02 Å². The van der Waals surface area contributed by atoms with Gasteiger partial charge in [-0.2, -0.15) is 5.10 Å². The molecule has 0 spiro atoms. The number of nitrogens with zero attached hydrogens (tertiary/aromatic N) is 3. The molecular weight excluding hydrogens is 460 g/mol. The summed E-state index contributed by atoms with van der Waals surface area (Å²) in [4.78, 5) is 19.7. The summed E-state index contributed by atoms with van der Waals surface area (Å²) >= 11 is 9.66. The molecule has 0 aliphatic heterocycles. The van der Waals surface area contributed by atoms with Crippen molar-refractivity contribution in [2.75, 3.05) is 7.11 Å². The lowest BCUT2D eigenvalue weighted by Crippen LogP contribution is -2.19. The molecule has 1 N–H and O–H groups in total. The van der Waals surface area contributed by atoms with Crippen molar-refractivity contribution < 1.29 is 14.3 Å². The molecule has 3 rings (SSSR count). The van der Waals surface area contributed by atoms with Crippen LogP contribution >= 0.6 is 27.5 Å². The number of rotatable bonds is 7. The second kappa shape index (κ2) is 9.99. The second-order valence-corrected chi connectivity index (χ2v) is 6.97. The van der Waals surface area contributed by atoms with Crippen LogP contribution in [0.3, 0.4) is 0 Å². The van der Waals surface area contributed by atoms with E-state index in [1.165, 1.54) is 24.8 Å². The zero-order valence-electron chi connectivity index (χ0n) is 15.3. The molecule has 0 saturated heterocycles. The van der Waals surface area contributed by atoms with Crippen LogP contribution in [0.15, 0.2) is 64.6 Å². The summed E-state index contributed by atoms with van der Waals surface area (Å²) in [5.74, 6) is 0.585. The Hall–Kier alpha value is -2.97. The number of aromatic nitrogens is 2. The fourth-order valence-corrected chi connectivity index (χ4v) is 3.12. The van der Waals surface area contributed by atoms with Crippen molar-refractivity contribution in [3.05, 3.63) is 81.3 Å². The van der Waals surface area contributed by atoms with Crippen molar-refractivity contribution in [1.29, 1.82) is 0 Å². The zero-order chi connectivity index (χ0) is 20.6. The SMILES string of the molecule is COc1cc(/C=N/NC(=O)c2cnccn2)cc(Br)c1OCc1ccccc1Cl. The van der Waals surface area contributed by atoms with Crippen LogP contribution in [-0.4, -0.2) is 29.2 Å². The highest BCUT2D eigenvalue weighted by molar-refractivity contribution is 9.10. The molecule has 0 unspecified atom stereocenters. The van der Waals surface area contributed by atoms with Gasteiger partial charge in [0.1, 0.15) is 12.3 Å². The van der Waals surface area contributed by atoms with Gasteiger partial charge in [0.25, 0.3) is 5.91 Å². The van der Waals surface area contributed by atoms with E-state index in [-0.39, 0.29) is 12.3 Å². The quantitative estimate of drug-likeness (QED) is 0.408. The fourth-order valence-electron chi connectivity index (χ4n) is 2.36. The van der Waals surface area contributed by atoms with Gasteiger partial charge < -0.3 is 9.47 Å². The van der Waals surface area contributed by atoms with E-state index < -0.39 is 5.91 Å². The third kappa shape index (κ3) is 5.52. The summed E-state index contributed by atoms with van der Waals surface area (Å²) in [6, 6.07) is 11.0. The number of ether oxygens (including phenoxy) is 2. The number of methoxy groups -OCH3 is 1. The van der Waals surface area contributed by atoms with Crippen LogP contribution in [0.5, 0.6) is 11.5 Å². The van der Waals surface area contributed by atoms with Crippen LogP contribution in [0, 0.1) is 0 Å². The largest absolute Gasteiger partial charge is 0.493 e. The fraction of sp³-hybridized carbons (Fsp3) is 0.100. The molecule has 0 saturated carbocycles. The Morgan fingerprint density at radius 1 is 1.31 bits per heavy atom. The average molecular weight is 476 g/mol. The molecule has 148 valence electrons. The molecule has 1 heterocycles. The van der Waals surface area contributed by atoms with E-state index in [2.05, 4.69) is 36.4 Å². The van der Waals surface area contributed by atoms with Crippen molar-refractivity contribution >= 4 is 39.7 Å². The minimum absolute atomic E-state index is 0.173. The molecule has 1 amide bonds. The first-order chi connectivity index (χ1) is 14.1. The Bertz CT molecular complexity index is 1030. The lowest BCUT2D eigenvalue weighted by atomic mass is 10.2. The standard InChI is InChI=1S/C20H16BrClN4O3/c1-28-18-9-13(10-25-26-20(27)17-11-23-6-7-24-17)8-15(21)19(18)29-12-14-4-2-3-5-16(14)22/h2-11H,12H2,1H3,(H,26,27)/b25-10+. The molecule has 1 aromatic heterocycles. The van der Waals surface area contributed by atoms with Gasteiger partial charge in [0.15, 0.2) is 11.5 Å². The van der Waals surface area contributed by atoms with E-state index in [0.29, 0.717) is 26.6 Å². The molecule has 0 radical (unpaired) electrons. The van der Waals surface area contributed by atoms with Crippen molar-refractivity contribution in [3.63, 3.8) is 0 Å². The zero-order valence-corrected chi connectivity index (χ0v) is 17.6. The number of carbonyl (C=O) groups excluding carboxylic acids is 1. The monoisotopic (exact) mass is 474 g/mol. The smallest absolute Gasteiger partial charge is 0.291 e. The van der Waals surface area contributed by atoms with Crippen molar-refractivity contribution in [2.24, 2.45) is 5.10 Å². The molecule has 0 atom stereocenters. The Labute approximate surface area is 180 Å². The molecule has 3 aromatic rings. The van der Waals surface area contributed by atoms with Crippen molar-refractivity contribution in [1.82, 2.24) is 15.4 Å². The van der Waals surface area contributed by atoms with Gasteiger partial charge in [-0.3, -0.25) is 9.78 Å². The highest BCUT2D eigenvalue weighted by Gasteiger charge is 2.12. The maximum Gasteiger partial charge on any atom is 0.291 e. The molecule has 7 nitrogen and oxygen atoms in total. The first kappa shape index (κ1) is 20.8. The third-order valence-electron chi connectivity index (χ3n) is 3.76. The third-order valence-corrected chi connectivity index (χ3v) is 4.71. The summed E-state index contributed by atoms with van der Waals surface area (Å²) in [5.41, 5.74) is 4.13. The Morgan fingerprint density at radius 3 is 2.86 bits per heavy atom. The van der Waals surface area contributed by atoms with Crippen LogP contribution in [0.1, 0.15) is 21.6 Å². The number of carbonyl (C=O) groups is 1. The van der Waals surface area contributed by atoms with E-state index in [1.807, 2.05) is 18.2 Å². The molecule has 2 aromatic carbocycles. The first-order valence-corrected chi connectivity index (χ1v) is 9.58. The van der Waals surface area contributed by atoms with Gasteiger partial charge in [0.05, 0.1) is 24.0 Å². The van der Waals surface area contributed by atoms with Crippen LogP contribution in [-0.2, 0) is 6.61 Å². The number of hydrazone groups is 1. The minimum Gasteiger partial charge on any atom is -0.493 e. The predicted molar refractivity (Wildman–Crippen MR) is 114 cm³/mol. The van der Waals surface area contributed by atoms with E-state index in [9.17, 15) is 4.79 Å². The number of hydrogen-bond acceptors (Lipinski definition) is 6. The number of amides is 1. The Kier molecular flexibility index (Phi) is 7.15. The van der Waals surface area contributed by atoms with Crippen LogP contribution < -0.4 is 14.9 Å². The van der Waals surface area contributed by atoms with Gasteiger partial charge in [-0.25, -0.2) is 10.4 Å². The van der Waals surface area contributed by atoms with Gasteiger partial charge in [-0.1, -0.05) is 29.8 Å². The Morgan fingerprint density at radius 2 is 2.14 bits per heavy atom. The summed E-state index contributed by atoms with van der Waals surface area (Å²) < 4.78 is 12.0. The minimum atomic E-state index is -0.458. The van der Waals surface area contributed by atoms with E-state index in [4.69, 9.17) is 21.1 Å². The lowest BCUT2D eigenvalue weighted by molar-refractivity contribution is 0.0949. The normalized spacial score (nSPS) is 10.7. The topological polar surface area (TPSA) is 85.7 Å². The van der Waals surface area contributed by atoms with Gasteiger partial charge in [-0.15, -0.1) is 0 Å². The predicted octanol–water partition coefficient (Wildman–Crippen LogP) is 4.24. The molecular formula is C20H16BrClN4O3. The number of nitrogens with one attached hydrogen (secondary N) is 1. The van der Waals surface area contributed by atoms with Crippen molar-refractivity contribution in [2.45, 2.75) is 6.61 Å². The van der Waals surface area contributed by atoms with E-state index in [0.717, 1.165) is 5.56 Å². The Balaban J connectivity index is 1.70. The van der Waals surface area contributed by atoms with Gasteiger partial charge in [0.2, 0.25) is 0 Å². The number of benzene rings is 2. The summed E-state index contributed by atoms with van der Waals surface area (Å²) in [6.07, 6.45) is 5.76. The second-order valence-electron chi connectivity index (χ2n) is 5.70. The molecule has 0 aliphatic rings. The molecule has 9 heteroatoms.